The second-order valence-corrected chi connectivity index (χ2v) is 5.19. The maximum Gasteiger partial charge on any atom is 0.287 e. The molecule has 1 aromatic carbocycles. The third-order valence-corrected chi connectivity index (χ3v) is 3.76. The van der Waals surface area contributed by atoms with E-state index in [1.807, 2.05) is 0 Å². The highest BCUT2D eigenvalue weighted by Gasteiger charge is 2.11. The van der Waals surface area contributed by atoms with Crippen LogP contribution in [0.25, 0.3) is 10.9 Å². The van der Waals surface area contributed by atoms with E-state index in [1.54, 1.807) is 18.3 Å². The van der Waals surface area contributed by atoms with E-state index in [0.717, 1.165) is 4.68 Å². The number of benzene rings is 1. The Hall–Kier alpha value is -1.98. The first-order chi connectivity index (χ1) is 10.1. The van der Waals surface area contributed by atoms with Crippen molar-refractivity contribution in [2.45, 2.75) is 6.54 Å². The van der Waals surface area contributed by atoms with Crippen LogP contribution in [0, 0.1) is 5.82 Å². The number of aromatic nitrogens is 3. The van der Waals surface area contributed by atoms with Gasteiger partial charge in [-0.15, -0.1) is 0 Å². The summed E-state index contributed by atoms with van der Waals surface area (Å²) < 4.78 is 14.8. The van der Waals surface area contributed by atoms with E-state index in [-0.39, 0.29) is 16.6 Å². The molecule has 21 heavy (non-hydrogen) atoms. The monoisotopic (exact) mass is 323 g/mol. The Labute approximate surface area is 128 Å². The normalized spacial score (nSPS) is 11.0. The molecule has 2 aromatic heterocycles. The van der Waals surface area contributed by atoms with Crippen molar-refractivity contribution in [3.8, 4) is 0 Å². The third kappa shape index (κ3) is 2.62. The summed E-state index contributed by atoms with van der Waals surface area (Å²) in [5.41, 5.74) is 0.620. The van der Waals surface area contributed by atoms with Crippen molar-refractivity contribution in [1.29, 1.82) is 0 Å². The predicted octanol–water partition coefficient (Wildman–Crippen LogP) is 3.29. The summed E-state index contributed by atoms with van der Waals surface area (Å²) in [6.07, 6.45) is 2.88. The number of rotatable bonds is 2. The van der Waals surface area contributed by atoms with Crippen molar-refractivity contribution in [1.82, 2.24) is 14.8 Å². The Morgan fingerprint density at radius 1 is 1.29 bits per heavy atom. The number of pyridine rings is 1. The summed E-state index contributed by atoms with van der Waals surface area (Å²) in [7, 11) is 0. The van der Waals surface area contributed by atoms with Gasteiger partial charge in [-0.3, -0.25) is 9.78 Å². The van der Waals surface area contributed by atoms with Gasteiger partial charge in [0.15, 0.2) is 0 Å². The van der Waals surface area contributed by atoms with Gasteiger partial charge in [0.05, 0.1) is 23.3 Å². The van der Waals surface area contributed by atoms with Gasteiger partial charge in [0.2, 0.25) is 0 Å². The molecule has 0 atom stereocenters. The molecule has 106 valence electrons. The van der Waals surface area contributed by atoms with Crippen LogP contribution in [0.1, 0.15) is 5.56 Å². The van der Waals surface area contributed by atoms with Crippen LogP contribution >= 0.6 is 23.2 Å². The molecule has 3 rings (SSSR count). The Morgan fingerprint density at radius 3 is 2.90 bits per heavy atom. The Morgan fingerprint density at radius 2 is 2.10 bits per heavy atom. The first-order valence-electron chi connectivity index (χ1n) is 6.00. The predicted molar refractivity (Wildman–Crippen MR) is 79.3 cm³/mol. The molecule has 4 nitrogen and oxygen atoms in total. The molecule has 0 aliphatic heterocycles. The van der Waals surface area contributed by atoms with Crippen LogP contribution in [0.2, 0.25) is 10.0 Å². The zero-order valence-electron chi connectivity index (χ0n) is 10.6. The van der Waals surface area contributed by atoms with Crippen molar-refractivity contribution in [3.05, 3.63) is 68.4 Å². The van der Waals surface area contributed by atoms with Gasteiger partial charge in [-0.25, -0.2) is 9.07 Å². The van der Waals surface area contributed by atoms with Crippen molar-refractivity contribution in [3.63, 3.8) is 0 Å². The summed E-state index contributed by atoms with van der Waals surface area (Å²) in [6.45, 7) is 0.0565. The van der Waals surface area contributed by atoms with Gasteiger partial charge in [0, 0.05) is 17.1 Å². The second kappa shape index (κ2) is 5.42. The lowest BCUT2D eigenvalue weighted by atomic mass is 10.1. The Kier molecular flexibility index (Phi) is 3.61. The number of fused-ring (bicyclic) bond motifs is 1. The van der Waals surface area contributed by atoms with Gasteiger partial charge in [0.25, 0.3) is 5.56 Å². The van der Waals surface area contributed by atoms with Gasteiger partial charge in [-0.2, -0.15) is 5.10 Å². The highest BCUT2D eigenvalue weighted by Crippen LogP contribution is 2.20. The van der Waals surface area contributed by atoms with E-state index in [2.05, 4.69) is 10.1 Å². The smallest absolute Gasteiger partial charge is 0.266 e. The summed E-state index contributed by atoms with van der Waals surface area (Å²) in [5.74, 6) is -0.404. The van der Waals surface area contributed by atoms with E-state index in [1.165, 1.54) is 18.3 Å². The second-order valence-electron chi connectivity index (χ2n) is 4.41. The zero-order chi connectivity index (χ0) is 15.0. The lowest BCUT2D eigenvalue weighted by Gasteiger charge is -2.08. The Bertz CT molecular complexity index is 895. The molecule has 0 N–H and O–H groups in total. The molecule has 7 heteroatoms. The van der Waals surface area contributed by atoms with Gasteiger partial charge in [0.1, 0.15) is 10.8 Å². The lowest BCUT2D eigenvalue weighted by molar-refractivity contribution is 0.613. The van der Waals surface area contributed by atoms with Crippen LogP contribution in [-0.4, -0.2) is 14.8 Å². The number of hydrogen-bond acceptors (Lipinski definition) is 3. The molecule has 0 saturated carbocycles. The fourth-order valence-corrected chi connectivity index (χ4v) is 2.34. The minimum Gasteiger partial charge on any atom is -0.266 e. The topological polar surface area (TPSA) is 47.8 Å². The van der Waals surface area contributed by atoms with Crippen LogP contribution in [0.4, 0.5) is 4.39 Å². The van der Waals surface area contributed by atoms with Crippen LogP contribution < -0.4 is 5.56 Å². The number of halogens is 3. The van der Waals surface area contributed by atoms with Crippen molar-refractivity contribution in [2.24, 2.45) is 0 Å². The largest absolute Gasteiger partial charge is 0.287 e. The van der Waals surface area contributed by atoms with Crippen LogP contribution in [-0.2, 0) is 6.54 Å². The molecule has 0 aliphatic rings. The van der Waals surface area contributed by atoms with E-state index >= 15 is 0 Å². The Balaban J connectivity index is 2.15. The van der Waals surface area contributed by atoms with Crippen LogP contribution in [0.5, 0.6) is 0 Å². The van der Waals surface area contributed by atoms with E-state index in [9.17, 15) is 9.18 Å². The molecule has 0 bridgehead atoms. The van der Waals surface area contributed by atoms with E-state index in [4.69, 9.17) is 23.2 Å². The maximum atomic E-state index is 13.7. The molecule has 0 fully saturated rings. The molecule has 0 spiro atoms. The molecular weight excluding hydrogens is 316 g/mol. The van der Waals surface area contributed by atoms with Gasteiger partial charge >= 0.3 is 0 Å². The lowest BCUT2D eigenvalue weighted by Crippen LogP contribution is -2.24. The summed E-state index contributed by atoms with van der Waals surface area (Å²) in [6, 6.07) is 6.18. The van der Waals surface area contributed by atoms with Crippen molar-refractivity contribution < 1.29 is 4.39 Å². The zero-order valence-corrected chi connectivity index (χ0v) is 12.1. The number of nitrogens with zero attached hydrogens (tertiary/aromatic N) is 3. The molecule has 0 amide bonds. The standard InChI is InChI=1S/C14H8Cl2FN3O/c15-11-6-19-20(14(21)12(11)16)7-9-5-10(17)4-8-2-1-3-18-13(8)9/h1-6H,7H2. The van der Waals surface area contributed by atoms with Gasteiger partial charge < -0.3 is 0 Å². The van der Waals surface area contributed by atoms with Crippen LogP contribution in [0.3, 0.4) is 0 Å². The van der Waals surface area contributed by atoms with Crippen molar-refractivity contribution >= 4 is 34.1 Å². The van der Waals surface area contributed by atoms with E-state index < -0.39 is 11.4 Å². The molecule has 0 aliphatic carbocycles. The first-order valence-corrected chi connectivity index (χ1v) is 6.76. The summed E-state index contributed by atoms with van der Waals surface area (Å²) in [5, 5.41) is 4.53. The maximum absolute atomic E-state index is 13.7. The fourth-order valence-electron chi connectivity index (χ4n) is 2.07. The molecule has 0 saturated heterocycles. The highest BCUT2D eigenvalue weighted by molar-refractivity contribution is 6.41. The molecule has 2 heterocycles. The minimum absolute atomic E-state index is 0.0565. The molecular formula is C14H8Cl2FN3O. The average molecular weight is 324 g/mol. The highest BCUT2D eigenvalue weighted by atomic mass is 35.5. The summed E-state index contributed by atoms with van der Waals surface area (Å²) in [4.78, 5) is 16.2. The van der Waals surface area contributed by atoms with Crippen LogP contribution in [0.15, 0.2) is 41.5 Å². The SMILES string of the molecule is O=c1c(Cl)c(Cl)cnn1Cc1cc(F)cc2cccnc12. The molecule has 3 aromatic rings. The first kappa shape index (κ1) is 14.0. The van der Waals surface area contributed by atoms with E-state index in [0.29, 0.717) is 16.5 Å². The van der Waals surface area contributed by atoms with Crippen molar-refractivity contribution in [2.75, 3.05) is 0 Å². The quantitative estimate of drug-likeness (QED) is 0.727. The molecule has 0 radical (unpaired) electrons. The fraction of sp³-hybridized carbons (Fsp3) is 0.0714. The third-order valence-electron chi connectivity index (χ3n) is 3.01. The van der Waals surface area contributed by atoms with Gasteiger partial charge in [-0.1, -0.05) is 29.3 Å². The number of hydrogen-bond donors (Lipinski definition) is 0. The summed E-state index contributed by atoms with van der Waals surface area (Å²) >= 11 is 11.5. The van der Waals surface area contributed by atoms with Gasteiger partial charge in [-0.05, 0) is 18.2 Å². The average Bonchev–Trinajstić information content (AvgIpc) is 2.47. The molecule has 0 unspecified atom stereocenters. The minimum atomic E-state index is -0.530.